The highest BCUT2D eigenvalue weighted by atomic mass is 16.5. The first-order valence-corrected chi connectivity index (χ1v) is 9.18. The Labute approximate surface area is 171 Å². The third-order valence-electron chi connectivity index (χ3n) is 4.65. The number of pyridine rings is 1. The molecular weight excluding hydrogens is 386 g/mol. The summed E-state index contributed by atoms with van der Waals surface area (Å²) in [6.45, 7) is 3.62. The van der Waals surface area contributed by atoms with Gasteiger partial charge in [-0.25, -0.2) is 14.5 Å². The fraction of sp³-hybridized carbons (Fsp3) is 0.200. The molecule has 0 unspecified atom stereocenters. The summed E-state index contributed by atoms with van der Waals surface area (Å²) in [6, 6.07) is 10.7. The van der Waals surface area contributed by atoms with Crippen LogP contribution in [0.4, 0.5) is 0 Å². The summed E-state index contributed by atoms with van der Waals surface area (Å²) in [6.07, 6.45) is 3.23. The number of benzene rings is 1. The number of tetrazole rings is 1. The average Bonchev–Trinajstić information content (AvgIpc) is 3.34. The lowest BCUT2D eigenvalue weighted by molar-refractivity contribution is 0.101. The molecule has 0 aliphatic heterocycles. The van der Waals surface area contributed by atoms with E-state index in [0.717, 1.165) is 11.1 Å². The summed E-state index contributed by atoms with van der Waals surface area (Å²) in [5, 5.41) is 12.1. The molecule has 0 saturated heterocycles. The van der Waals surface area contributed by atoms with Crippen molar-refractivity contribution in [3.63, 3.8) is 0 Å². The molecule has 0 N–H and O–H groups in total. The first-order valence-electron chi connectivity index (χ1n) is 9.18. The molecule has 0 fully saturated rings. The Balaban J connectivity index is 1.56. The van der Waals surface area contributed by atoms with E-state index < -0.39 is 0 Å². The second-order valence-corrected chi connectivity index (χ2v) is 6.72. The van der Waals surface area contributed by atoms with Gasteiger partial charge in [0.25, 0.3) is 0 Å². The van der Waals surface area contributed by atoms with Gasteiger partial charge in [0, 0.05) is 36.6 Å². The molecule has 0 amide bonds. The predicted molar refractivity (Wildman–Crippen MR) is 107 cm³/mol. The molecule has 3 heterocycles. The van der Waals surface area contributed by atoms with E-state index >= 15 is 0 Å². The molecule has 0 radical (unpaired) electrons. The monoisotopic (exact) mass is 405 g/mol. The normalized spacial score (nSPS) is 10.9. The van der Waals surface area contributed by atoms with Crippen LogP contribution in [0, 0.1) is 6.92 Å². The molecule has 4 rings (SSSR count). The zero-order valence-corrected chi connectivity index (χ0v) is 16.7. The highest BCUT2D eigenvalue weighted by Gasteiger charge is 2.14. The van der Waals surface area contributed by atoms with Crippen LogP contribution in [0.25, 0.3) is 11.5 Å². The van der Waals surface area contributed by atoms with Crippen molar-refractivity contribution in [1.29, 1.82) is 0 Å². The van der Waals surface area contributed by atoms with Crippen molar-refractivity contribution < 1.29 is 9.53 Å². The number of rotatable bonds is 6. The van der Waals surface area contributed by atoms with Gasteiger partial charge >= 0.3 is 5.69 Å². The number of hydrogen-bond donors (Lipinski definition) is 0. The summed E-state index contributed by atoms with van der Waals surface area (Å²) in [5.41, 5.74) is 2.55. The zero-order chi connectivity index (χ0) is 21.3. The maximum Gasteiger partial charge on any atom is 0.368 e. The minimum absolute atomic E-state index is 0.0465. The average molecular weight is 405 g/mol. The van der Waals surface area contributed by atoms with E-state index in [1.54, 1.807) is 42.2 Å². The highest BCUT2D eigenvalue weighted by molar-refractivity contribution is 5.93. The molecule has 0 saturated carbocycles. The van der Waals surface area contributed by atoms with Crippen LogP contribution in [0.3, 0.4) is 0 Å². The minimum atomic E-state index is -0.341. The second kappa shape index (κ2) is 7.74. The largest absolute Gasteiger partial charge is 0.472 e. The number of carbonyl (C=O) groups is 1. The highest BCUT2D eigenvalue weighted by Crippen LogP contribution is 2.20. The van der Waals surface area contributed by atoms with Crippen molar-refractivity contribution in [2.24, 2.45) is 7.05 Å². The maximum absolute atomic E-state index is 12.2. The Morgan fingerprint density at radius 3 is 2.63 bits per heavy atom. The first kappa shape index (κ1) is 19.2. The van der Waals surface area contributed by atoms with E-state index in [1.165, 1.54) is 22.5 Å². The SMILES string of the molecule is CC(=O)c1ccc(-n2ccc(OCc3c(C)cccc3-n3nnn(C)c3=O)n2)nc1. The topological polar surface area (TPSA) is 110 Å². The lowest BCUT2D eigenvalue weighted by Crippen LogP contribution is -2.23. The maximum atomic E-state index is 12.2. The summed E-state index contributed by atoms with van der Waals surface area (Å²) in [5.74, 6) is 0.917. The summed E-state index contributed by atoms with van der Waals surface area (Å²) in [4.78, 5) is 27.9. The van der Waals surface area contributed by atoms with Gasteiger partial charge in [-0.3, -0.25) is 4.79 Å². The summed E-state index contributed by atoms with van der Waals surface area (Å²) < 4.78 is 9.83. The van der Waals surface area contributed by atoms with Gasteiger partial charge in [-0.1, -0.05) is 12.1 Å². The van der Waals surface area contributed by atoms with Gasteiger partial charge in [0.15, 0.2) is 11.6 Å². The van der Waals surface area contributed by atoms with Crippen molar-refractivity contribution >= 4 is 5.78 Å². The van der Waals surface area contributed by atoms with Crippen LogP contribution >= 0.6 is 0 Å². The number of ketones is 1. The molecule has 152 valence electrons. The molecule has 10 nitrogen and oxygen atoms in total. The Bertz CT molecular complexity index is 1270. The van der Waals surface area contributed by atoms with Crippen LogP contribution < -0.4 is 10.4 Å². The molecule has 3 aromatic heterocycles. The van der Waals surface area contributed by atoms with Crippen LogP contribution in [-0.4, -0.2) is 40.3 Å². The molecule has 0 spiro atoms. The van der Waals surface area contributed by atoms with Crippen LogP contribution in [0.5, 0.6) is 5.88 Å². The number of ether oxygens (including phenoxy) is 1. The second-order valence-electron chi connectivity index (χ2n) is 6.72. The van der Waals surface area contributed by atoms with Crippen LogP contribution in [0.2, 0.25) is 0 Å². The Morgan fingerprint density at radius 1 is 1.13 bits per heavy atom. The predicted octanol–water partition coefficient (Wildman–Crippen LogP) is 1.64. The van der Waals surface area contributed by atoms with Gasteiger partial charge in [-0.05, 0) is 48.0 Å². The molecule has 0 aliphatic carbocycles. The molecule has 10 heteroatoms. The standard InChI is InChI=1S/C20H19N7O3/c1-13-5-4-6-17(27-20(29)25(3)23-24-27)16(13)12-30-19-9-10-26(22-19)18-8-7-15(11-21-18)14(2)28/h4-11H,12H2,1-3H3. The minimum Gasteiger partial charge on any atom is -0.472 e. The molecule has 0 atom stereocenters. The summed E-state index contributed by atoms with van der Waals surface area (Å²) >= 11 is 0. The van der Waals surface area contributed by atoms with E-state index in [2.05, 4.69) is 20.5 Å². The fourth-order valence-electron chi connectivity index (χ4n) is 2.93. The molecular formula is C20H19N7O3. The zero-order valence-electron chi connectivity index (χ0n) is 16.7. The smallest absolute Gasteiger partial charge is 0.368 e. The van der Waals surface area contributed by atoms with E-state index in [4.69, 9.17) is 4.74 Å². The molecule has 0 aliphatic rings. The Hall–Kier alpha value is -4.08. The third-order valence-corrected chi connectivity index (χ3v) is 4.65. The number of Topliss-reactive ketones (excluding diaryl/α,β-unsaturated/α-hetero) is 1. The van der Waals surface area contributed by atoms with Crippen LogP contribution in [-0.2, 0) is 13.7 Å². The summed E-state index contributed by atoms with van der Waals surface area (Å²) in [7, 11) is 1.54. The number of nitrogens with zero attached hydrogens (tertiary/aromatic N) is 7. The number of hydrogen-bond acceptors (Lipinski definition) is 7. The van der Waals surface area contributed by atoms with Crippen LogP contribution in [0.1, 0.15) is 28.4 Å². The first-order chi connectivity index (χ1) is 14.4. The molecule has 30 heavy (non-hydrogen) atoms. The lowest BCUT2D eigenvalue weighted by Gasteiger charge is -2.11. The van der Waals surface area contributed by atoms with Crippen molar-refractivity contribution in [1.82, 2.24) is 34.6 Å². The van der Waals surface area contributed by atoms with Gasteiger partial charge in [-0.2, -0.15) is 9.36 Å². The number of aryl methyl sites for hydroxylation is 2. The van der Waals surface area contributed by atoms with Gasteiger partial charge in [0.1, 0.15) is 6.61 Å². The van der Waals surface area contributed by atoms with Crippen molar-refractivity contribution in [3.05, 3.63) is 76.0 Å². The van der Waals surface area contributed by atoms with Gasteiger partial charge in [-0.15, -0.1) is 5.10 Å². The number of aromatic nitrogens is 7. The van der Waals surface area contributed by atoms with Crippen molar-refractivity contribution in [2.75, 3.05) is 0 Å². The van der Waals surface area contributed by atoms with Gasteiger partial charge in [0.2, 0.25) is 5.88 Å². The molecule has 1 aromatic carbocycles. The number of carbonyl (C=O) groups excluding carboxylic acids is 1. The van der Waals surface area contributed by atoms with E-state index in [-0.39, 0.29) is 18.1 Å². The molecule has 0 bridgehead atoms. The van der Waals surface area contributed by atoms with E-state index in [0.29, 0.717) is 22.9 Å². The van der Waals surface area contributed by atoms with Crippen molar-refractivity contribution in [2.45, 2.75) is 20.5 Å². The van der Waals surface area contributed by atoms with Crippen LogP contribution in [0.15, 0.2) is 53.6 Å². The van der Waals surface area contributed by atoms with E-state index in [1.807, 2.05) is 19.1 Å². The Morgan fingerprint density at radius 2 is 1.97 bits per heavy atom. The van der Waals surface area contributed by atoms with E-state index in [9.17, 15) is 9.59 Å². The Kier molecular flexibility index (Phi) is 4.97. The molecule has 4 aromatic rings. The lowest BCUT2D eigenvalue weighted by atomic mass is 10.1. The van der Waals surface area contributed by atoms with Crippen molar-refractivity contribution in [3.8, 4) is 17.4 Å². The van der Waals surface area contributed by atoms with Gasteiger partial charge < -0.3 is 4.74 Å². The quantitative estimate of drug-likeness (QED) is 0.449. The fourth-order valence-corrected chi connectivity index (χ4v) is 2.93. The van der Waals surface area contributed by atoms with Gasteiger partial charge in [0.05, 0.1) is 5.69 Å². The third kappa shape index (κ3) is 3.62.